The highest BCUT2D eigenvalue weighted by atomic mass is 14.6. The van der Waals surface area contributed by atoms with Gasteiger partial charge in [0.05, 0.1) is 0 Å². The van der Waals surface area contributed by atoms with Crippen LogP contribution in [0.15, 0.2) is 73.1 Å². The molecule has 0 aliphatic carbocycles. The lowest BCUT2D eigenvalue weighted by atomic mass is 9.85. The van der Waals surface area contributed by atoms with Crippen molar-refractivity contribution >= 4 is 0 Å². The zero-order chi connectivity index (χ0) is 15.6. The van der Waals surface area contributed by atoms with Gasteiger partial charge in [0.2, 0.25) is 0 Å². The van der Waals surface area contributed by atoms with Gasteiger partial charge in [-0.05, 0) is 28.2 Å². The van der Waals surface area contributed by atoms with E-state index in [4.69, 9.17) is 0 Å². The van der Waals surface area contributed by atoms with Gasteiger partial charge in [-0.15, -0.1) is 0 Å². The first kappa shape index (κ1) is 14.5. The Morgan fingerprint density at radius 1 is 0.636 bits per heavy atom. The van der Waals surface area contributed by atoms with Gasteiger partial charge in [-0.3, -0.25) is 4.98 Å². The van der Waals surface area contributed by atoms with E-state index in [2.05, 4.69) is 80.4 Å². The summed E-state index contributed by atoms with van der Waals surface area (Å²) in [7, 11) is 0. The molecule has 0 bridgehead atoms. The first-order valence-corrected chi connectivity index (χ1v) is 7.65. The molecule has 0 aliphatic heterocycles. The number of hydrogen-bond donors (Lipinski definition) is 0. The van der Waals surface area contributed by atoms with Crippen molar-refractivity contribution in [1.29, 1.82) is 0 Å². The minimum absolute atomic E-state index is 0.153. The first-order valence-electron chi connectivity index (χ1n) is 7.65. The Labute approximate surface area is 132 Å². The van der Waals surface area contributed by atoms with Crippen molar-refractivity contribution in [3.63, 3.8) is 0 Å². The van der Waals surface area contributed by atoms with Crippen molar-refractivity contribution in [3.8, 4) is 22.3 Å². The van der Waals surface area contributed by atoms with Crippen LogP contribution in [-0.4, -0.2) is 4.98 Å². The molecule has 1 nitrogen and oxygen atoms in total. The molecule has 0 amide bonds. The fourth-order valence-corrected chi connectivity index (χ4v) is 2.55. The Morgan fingerprint density at radius 2 is 1.27 bits per heavy atom. The molecule has 1 heteroatoms. The van der Waals surface area contributed by atoms with Crippen molar-refractivity contribution in [3.05, 3.63) is 78.6 Å². The van der Waals surface area contributed by atoms with E-state index in [9.17, 15) is 0 Å². The maximum absolute atomic E-state index is 4.43. The molecule has 22 heavy (non-hydrogen) atoms. The highest BCUT2D eigenvalue weighted by molar-refractivity contribution is 5.72. The molecule has 3 rings (SSSR count). The Bertz CT molecular complexity index is 767. The summed E-state index contributed by atoms with van der Waals surface area (Å²) in [4.78, 5) is 4.43. The number of benzene rings is 2. The summed E-state index contributed by atoms with van der Waals surface area (Å²) in [5, 5.41) is 0. The van der Waals surface area contributed by atoms with Gasteiger partial charge in [0.15, 0.2) is 0 Å². The molecule has 0 atom stereocenters. The Morgan fingerprint density at radius 3 is 1.95 bits per heavy atom. The summed E-state index contributed by atoms with van der Waals surface area (Å²) in [6.07, 6.45) is 3.86. The zero-order valence-corrected chi connectivity index (χ0v) is 13.4. The van der Waals surface area contributed by atoms with Crippen LogP contribution in [0.4, 0.5) is 0 Å². The molecule has 1 heterocycles. The minimum Gasteiger partial charge on any atom is -0.263 e. The summed E-state index contributed by atoms with van der Waals surface area (Å²) in [6, 6.07) is 21.3. The lowest BCUT2D eigenvalue weighted by molar-refractivity contribution is 0.590. The molecule has 3 aromatic rings. The predicted octanol–water partition coefficient (Wildman–Crippen LogP) is 5.71. The van der Waals surface area contributed by atoms with Crippen LogP contribution >= 0.6 is 0 Å². The van der Waals surface area contributed by atoms with Crippen LogP contribution in [0.25, 0.3) is 22.3 Å². The van der Waals surface area contributed by atoms with Crippen LogP contribution in [0.3, 0.4) is 0 Å². The number of aromatic nitrogens is 1. The van der Waals surface area contributed by atoms with Crippen LogP contribution in [0.2, 0.25) is 0 Å². The zero-order valence-electron chi connectivity index (χ0n) is 13.4. The third-order valence-corrected chi connectivity index (χ3v) is 3.91. The third kappa shape index (κ3) is 3.09. The van der Waals surface area contributed by atoms with Crippen LogP contribution < -0.4 is 0 Å². The van der Waals surface area contributed by atoms with E-state index in [0.717, 1.165) is 11.1 Å². The molecule has 0 aliphatic rings. The highest BCUT2D eigenvalue weighted by Gasteiger charge is 2.14. The molecular formula is C21H21N. The van der Waals surface area contributed by atoms with Crippen LogP contribution in [0.5, 0.6) is 0 Å². The average molecular weight is 287 g/mol. The minimum atomic E-state index is 0.153. The summed E-state index contributed by atoms with van der Waals surface area (Å²) >= 11 is 0. The average Bonchev–Trinajstić information content (AvgIpc) is 2.55. The molecular weight excluding hydrogens is 266 g/mol. The van der Waals surface area contributed by atoms with Gasteiger partial charge in [0.25, 0.3) is 0 Å². The second-order valence-corrected chi connectivity index (χ2v) is 6.66. The van der Waals surface area contributed by atoms with Gasteiger partial charge < -0.3 is 0 Å². The second kappa shape index (κ2) is 5.76. The van der Waals surface area contributed by atoms with E-state index in [1.807, 2.05) is 18.5 Å². The second-order valence-electron chi connectivity index (χ2n) is 6.66. The standard InChI is InChI=1S/C21H21N/c1-21(2,3)20-11-7-10-17(13-20)19-12-18(14-22-15-19)16-8-5-4-6-9-16/h4-15H,1-3H3. The SMILES string of the molecule is CC(C)(C)c1cccc(-c2cncc(-c3ccccc3)c2)c1. The van der Waals surface area contributed by atoms with E-state index in [0.29, 0.717) is 0 Å². The third-order valence-electron chi connectivity index (χ3n) is 3.91. The van der Waals surface area contributed by atoms with E-state index in [1.54, 1.807) is 0 Å². The largest absolute Gasteiger partial charge is 0.263 e. The number of hydrogen-bond acceptors (Lipinski definition) is 1. The van der Waals surface area contributed by atoms with Crippen LogP contribution in [0.1, 0.15) is 26.3 Å². The topological polar surface area (TPSA) is 12.9 Å². The van der Waals surface area contributed by atoms with Gasteiger partial charge in [-0.2, -0.15) is 0 Å². The smallest absolute Gasteiger partial charge is 0.0346 e. The van der Waals surface area contributed by atoms with Crippen LogP contribution in [-0.2, 0) is 5.41 Å². The first-order chi connectivity index (χ1) is 10.5. The van der Waals surface area contributed by atoms with Crippen LogP contribution in [0, 0.1) is 0 Å². The van der Waals surface area contributed by atoms with E-state index < -0.39 is 0 Å². The van der Waals surface area contributed by atoms with Gasteiger partial charge in [-0.1, -0.05) is 75.4 Å². The van der Waals surface area contributed by atoms with E-state index in [-0.39, 0.29) is 5.41 Å². The molecule has 2 aromatic carbocycles. The molecule has 0 unspecified atom stereocenters. The fourth-order valence-electron chi connectivity index (χ4n) is 2.55. The quantitative estimate of drug-likeness (QED) is 0.588. The summed E-state index contributed by atoms with van der Waals surface area (Å²) in [5.41, 5.74) is 6.23. The predicted molar refractivity (Wildman–Crippen MR) is 93.8 cm³/mol. The van der Waals surface area contributed by atoms with Gasteiger partial charge in [0.1, 0.15) is 0 Å². The molecule has 110 valence electrons. The fraction of sp³-hybridized carbons (Fsp3) is 0.190. The monoisotopic (exact) mass is 287 g/mol. The lowest BCUT2D eigenvalue weighted by Gasteiger charge is -2.19. The molecule has 0 spiro atoms. The van der Waals surface area contributed by atoms with Gasteiger partial charge in [0, 0.05) is 23.5 Å². The van der Waals surface area contributed by atoms with Gasteiger partial charge >= 0.3 is 0 Å². The Hall–Kier alpha value is -2.41. The molecule has 0 saturated heterocycles. The summed E-state index contributed by atoms with van der Waals surface area (Å²) < 4.78 is 0. The normalized spacial score (nSPS) is 11.4. The van der Waals surface area contributed by atoms with Crippen molar-refractivity contribution in [2.45, 2.75) is 26.2 Å². The van der Waals surface area contributed by atoms with E-state index >= 15 is 0 Å². The summed E-state index contributed by atoms with van der Waals surface area (Å²) in [5.74, 6) is 0. The molecule has 1 aromatic heterocycles. The maximum Gasteiger partial charge on any atom is 0.0346 e. The van der Waals surface area contributed by atoms with E-state index in [1.165, 1.54) is 16.7 Å². The van der Waals surface area contributed by atoms with Crippen molar-refractivity contribution in [2.24, 2.45) is 0 Å². The number of nitrogens with zero attached hydrogens (tertiary/aromatic N) is 1. The Kier molecular flexibility index (Phi) is 3.81. The molecule has 0 fully saturated rings. The Balaban J connectivity index is 2.03. The maximum atomic E-state index is 4.43. The number of rotatable bonds is 2. The van der Waals surface area contributed by atoms with Crippen molar-refractivity contribution < 1.29 is 0 Å². The molecule has 0 radical (unpaired) electrons. The highest BCUT2D eigenvalue weighted by Crippen LogP contribution is 2.29. The summed E-state index contributed by atoms with van der Waals surface area (Å²) in [6.45, 7) is 6.72. The number of pyridine rings is 1. The van der Waals surface area contributed by atoms with Gasteiger partial charge in [-0.25, -0.2) is 0 Å². The lowest BCUT2D eigenvalue weighted by Crippen LogP contribution is -2.10. The molecule has 0 N–H and O–H groups in total. The van der Waals surface area contributed by atoms with Crippen molar-refractivity contribution in [1.82, 2.24) is 4.98 Å². The molecule has 0 saturated carbocycles. The van der Waals surface area contributed by atoms with Crippen molar-refractivity contribution in [2.75, 3.05) is 0 Å².